The number of hydrogen-bond acceptors (Lipinski definition) is 4. The molecular weight excluding hydrogens is 330 g/mol. The van der Waals surface area contributed by atoms with Gasteiger partial charge in [-0.1, -0.05) is 15.9 Å². The lowest BCUT2D eigenvalue weighted by atomic mass is 10.2. The fourth-order valence-corrected chi connectivity index (χ4v) is 2.56. The lowest BCUT2D eigenvalue weighted by Gasteiger charge is -2.08. The first-order valence-electron chi connectivity index (χ1n) is 5.73. The van der Waals surface area contributed by atoms with E-state index in [1.165, 1.54) is 18.9 Å². The van der Waals surface area contributed by atoms with E-state index in [2.05, 4.69) is 26.0 Å². The second kappa shape index (κ2) is 8.22. The van der Waals surface area contributed by atoms with Crippen LogP contribution in [0.1, 0.15) is 12.0 Å². The Morgan fingerprint density at radius 1 is 1.42 bits per heavy atom. The fourth-order valence-electron chi connectivity index (χ4n) is 1.38. The number of carbonyl (C=O) groups excluding carboxylic acids is 2. The second-order valence-electron chi connectivity index (χ2n) is 3.89. The number of rotatable bonds is 6. The molecule has 0 spiro atoms. The highest BCUT2D eigenvalue weighted by molar-refractivity contribution is 9.10. The number of nitrogens with one attached hydrogen (secondary N) is 1. The van der Waals surface area contributed by atoms with Crippen molar-refractivity contribution in [3.05, 3.63) is 28.2 Å². The molecule has 0 unspecified atom stereocenters. The summed E-state index contributed by atoms with van der Waals surface area (Å²) in [6.45, 7) is 1.94. The highest BCUT2D eigenvalue weighted by atomic mass is 79.9. The van der Waals surface area contributed by atoms with Crippen molar-refractivity contribution in [3.8, 4) is 0 Å². The first-order valence-corrected chi connectivity index (χ1v) is 7.68. The minimum Gasteiger partial charge on any atom is -0.469 e. The number of halogens is 1. The van der Waals surface area contributed by atoms with Crippen LogP contribution in [0.25, 0.3) is 0 Å². The summed E-state index contributed by atoms with van der Waals surface area (Å²) >= 11 is 4.78. The van der Waals surface area contributed by atoms with Crippen LogP contribution in [-0.4, -0.2) is 30.5 Å². The van der Waals surface area contributed by atoms with Gasteiger partial charge in [0.25, 0.3) is 0 Å². The van der Waals surface area contributed by atoms with Crippen molar-refractivity contribution in [1.29, 1.82) is 0 Å². The van der Waals surface area contributed by atoms with Crippen molar-refractivity contribution >= 4 is 45.3 Å². The van der Waals surface area contributed by atoms with Crippen LogP contribution in [0.3, 0.4) is 0 Å². The molecule has 0 heterocycles. The fraction of sp³-hybridized carbons (Fsp3) is 0.385. The monoisotopic (exact) mass is 345 g/mol. The van der Waals surface area contributed by atoms with Gasteiger partial charge in [-0.2, -0.15) is 11.8 Å². The Morgan fingerprint density at radius 2 is 2.16 bits per heavy atom. The van der Waals surface area contributed by atoms with Crippen molar-refractivity contribution in [2.24, 2.45) is 0 Å². The maximum atomic E-state index is 11.7. The lowest BCUT2D eigenvalue weighted by Crippen LogP contribution is -2.15. The van der Waals surface area contributed by atoms with Gasteiger partial charge in [0.1, 0.15) is 0 Å². The SMILES string of the molecule is COC(=O)CCSCC(=O)Nc1ccc(Br)cc1C. The Kier molecular flexibility index (Phi) is 6.94. The molecule has 0 atom stereocenters. The number of aryl methyl sites for hydroxylation is 1. The van der Waals surface area contributed by atoms with Crippen molar-refractivity contribution in [3.63, 3.8) is 0 Å². The maximum Gasteiger partial charge on any atom is 0.306 e. The topological polar surface area (TPSA) is 55.4 Å². The van der Waals surface area contributed by atoms with Gasteiger partial charge in [0.2, 0.25) is 5.91 Å². The average molecular weight is 346 g/mol. The Balaban J connectivity index is 2.33. The zero-order chi connectivity index (χ0) is 14.3. The molecule has 1 N–H and O–H groups in total. The summed E-state index contributed by atoms with van der Waals surface area (Å²) < 4.78 is 5.50. The van der Waals surface area contributed by atoms with Gasteiger partial charge >= 0.3 is 5.97 Å². The highest BCUT2D eigenvalue weighted by Crippen LogP contribution is 2.20. The van der Waals surface area contributed by atoms with Crippen LogP contribution in [0.4, 0.5) is 5.69 Å². The van der Waals surface area contributed by atoms with Crippen LogP contribution in [0.15, 0.2) is 22.7 Å². The molecule has 0 saturated carbocycles. The molecule has 1 aromatic carbocycles. The quantitative estimate of drug-likeness (QED) is 0.636. The molecule has 0 aromatic heterocycles. The van der Waals surface area contributed by atoms with E-state index in [9.17, 15) is 9.59 Å². The molecule has 1 rings (SSSR count). The molecule has 0 fully saturated rings. The smallest absolute Gasteiger partial charge is 0.306 e. The zero-order valence-corrected chi connectivity index (χ0v) is 13.3. The van der Waals surface area contributed by atoms with E-state index in [1.54, 1.807) is 0 Å². The number of methoxy groups -OCH3 is 1. The first-order chi connectivity index (χ1) is 9.02. The third-order valence-electron chi connectivity index (χ3n) is 2.37. The van der Waals surface area contributed by atoms with Gasteiger partial charge < -0.3 is 10.1 Å². The van der Waals surface area contributed by atoms with Crippen LogP contribution >= 0.6 is 27.7 Å². The molecule has 4 nitrogen and oxygen atoms in total. The van der Waals surface area contributed by atoms with Gasteiger partial charge in [0, 0.05) is 15.9 Å². The van der Waals surface area contributed by atoms with Crippen LogP contribution in [0.5, 0.6) is 0 Å². The van der Waals surface area contributed by atoms with Crippen molar-refractivity contribution in [1.82, 2.24) is 0 Å². The molecule has 6 heteroatoms. The van der Waals surface area contributed by atoms with Gasteiger partial charge in [-0.05, 0) is 30.7 Å². The first kappa shape index (κ1) is 16.0. The summed E-state index contributed by atoms with van der Waals surface area (Å²) in [6.07, 6.45) is 0.325. The third-order valence-corrected chi connectivity index (χ3v) is 3.83. The number of hydrogen-bond donors (Lipinski definition) is 1. The summed E-state index contributed by atoms with van der Waals surface area (Å²) in [5.74, 6) is 0.586. The van der Waals surface area contributed by atoms with E-state index in [-0.39, 0.29) is 11.9 Å². The van der Waals surface area contributed by atoms with E-state index in [0.29, 0.717) is 17.9 Å². The number of anilines is 1. The van der Waals surface area contributed by atoms with Crippen molar-refractivity contribution in [2.75, 3.05) is 23.9 Å². The zero-order valence-electron chi connectivity index (χ0n) is 10.9. The van der Waals surface area contributed by atoms with E-state index in [0.717, 1.165) is 15.7 Å². The summed E-state index contributed by atoms with van der Waals surface area (Å²) in [6, 6.07) is 5.68. The van der Waals surface area contributed by atoms with E-state index in [1.807, 2.05) is 25.1 Å². The molecule has 0 aliphatic heterocycles. The molecule has 1 amide bonds. The second-order valence-corrected chi connectivity index (χ2v) is 5.91. The molecule has 0 saturated heterocycles. The van der Waals surface area contributed by atoms with E-state index in [4.69, 9.17) is 0 Å². The predicted octanol–water partition coefficient (Wildman–Crippen LogP) is 2.99. The van der Waals surface area contributed by atoms with Gasteiger partial charge in [0.15, 0.2) is 0 Å². The average Bonchev–Trinajstić information content (AvgIpc) is 2.37. The number of esters is 1. The number of ether oxygens (including phenoxy) is 1. The van der Waals surface area contributed by atoms with Crippen LogP contribution in [0.2, 0.25) is 0 Å². The highest BCUT2D eigenvalue weighted by Gasteiger charge is 2.06. The minimum absolute atomic E-state index is 0.0692. The number of amides is 1. The number of benzene rings is 1. The maximum absolute atomic E-state index is 11.7. The Labute approximate surface area is 125 Å². The number of thioether (sulfide) groups is 1. The summed E-state index contributed by atoms with van der Waals surface area (Å²) in [5.41, 5.74) is 1.81. The lowest BCUT2D eigenvalue weighted by molar-refractivity contribution is -0.140. The van der Waals surface area contributed by atoms with Gasteiger partial charge in [0.05, 0.1) is 19.3 Å². The van der Waals surface area contributed by atoms with Gasteiger partial charge in [-0.3, -0.25) is 9.59 Å². The summed E-state index contributed by atoms with van der Waals surface area (Å²) in [7, 11) is 1.36. The molecule has 19 heavy (non-hydrogen) atoms. The standard InChI is InChI=1S/C13H16BrNO3S/c1-9-7-10(14)3-4-11(9)15-12(16)8-19-6-5-13(17)18-2/h3-4,7H,5-6,8H2,1-2H3,(H,15,16). The molecule has 0 bridgehead atoms. The van der Waals surface area contributed by atoms with Crippen molar-refractivity contribution < 1.29 is 14.3 Å². The molecule has 0 aliphatic carbocycles. The Hall–Kier alpha value is -1.01. The molecule has 1 aromatic rings. The third kappa shape index (κ3) is 6.11. The van der Waals surface area contributed by atoms with Crippen LogP contribution < -0.4 is 5.32 Å². The number of carbonyl (C=O) groups is 2. The Bertz CT molecular complexity index is 465. The molecule has 0 radical (unpaired) electrons. The normalized spacial score (nSPS) is 10.1. The largest absolute Gasteiger partial charge is 0.469 e. The summed E-state index contributed by atoms with van der Waals surface area (Å²) in [4.78, 5) is 22.6. The van der Waals surface area contributed by atoms with E-state index >= 15 is 0 Å². The summed E-state index contributed by atoms with van der Waals surface area (Å²) in [5, 5.41) is 2.84. The van der Waals surface area contributed by atoms with Gasteiger partial charge in [-0.15, -0.1) is 0 Å². The predicted molar refractivity (Wildman–Crippen MR) is 81.5 cm³/mol. The van der Waals surface area contributed by atoms with Gasteiger partial charge in [-0.25, -0.2) is 0 Å². The minimum atomic E-state index is -0.253. The van der Waals surface area contributed by atoms with Crippen molar-refractivity contribution in [2.45, 2.75) is 13.3 Å². The van der Waals surface area contributed by atoms with Crippen LogP contribution in [-0.2, 0) is 14.3 Å². The van der Waals surface area contributed by atoms with E-state index < -0.39 is 0 Å². The molecule has 0 aliphatic rings. The van der Waals surface area contributed by atoms with Crippen LogP contribution in [0, 0.1) is 6.92 Å². The molecule has 104 valence electrons. The molecular formula is C13H16BrNO3S. The Morgan fingerprint density at radius 3 is 2.79 bits per heavy atom.